The first-order valence-corrected chi connectivity index (χ1v) is 10.5. The van der Waals surface area contributed by atoms with E-state index in [1.54, 1.807) is 0 Å². The predicted molar refractivity (Wildman–Crippen MR) is 109 cm³/mol. The van der Waals surface area contributed by atoms with Gasteiger partial charge in [-0.05, 0) is 42.9 Å². The second-order valence-electron chi connectivity index (χ2n) is 8.35. The number of hydrogen-bond acceptors (Lipinski definition) is 3. The van der Waals surface area contributed by atoms with Crippen molar-refractivity contribution in [3.8, 4) is 11.5 Å². The Hall–Kier alpha value is -2.00. The van der Waals surface area contributed by atoms with Crippen LogP contribution < -0.4 is 10.3 Å². The van der Waals surface area contributed by atoms with Crippen molar-refractivity contribution < 1.29 is 9.94 Å². The standard InChI is InChI=1S/C24H31NO2/c1-2-9-20-22(26)15-14-21-23(20)27-25-24(21,16-18-10-5-3-6-11-18)17-19-12-7-4-8-13-19/h3,5-6,10-11,14-15,19,25-26H,2,4,7-9,12-13,16-17H2,1H3. The van der Waals surface area contributed by atoms with Crippen LogP contribution in [0.15, 0.2) is 42.5 Å². The fourth-order valence-corrected chi connectivity index (χ4v) is 4.99. The number of rotatable bonds is 6. The van der Waals surface area contributed by atoms with Gasteiger partial charge in [0.1, 0.15) is 5.75 Å². The second-order valence-corrected chi connectivity index (χ2v) is 8.35. The van der Waals surface area contributed by atoms with E-state index < -0.39 is 0 Å². The molecule has 1 saturated carbocycles. The highest BCUT2D eigenvalue weighted by Crippen LogP contribution is 2.48. The van der Waals surface area contributed by atoms with Gasteiger partial charge >= 0.3 is 0 Å². The number of phenolic OH excluding ortho intramolecular Hbond substituents is 1. The van der Waals surface area contributed by atoms with Crippen LogP contribution >= 0.6 is 0 Å². The van der Waals surface area contributed by atoms with Gasteiger partial charge in [0.05, 0.1) is 5.54 Å². The van der Waals surface area contributed by atoms with Crippen molar-refractivity contribution >= 4 is 0 Å². The van der Waals surface area contributed by atoms with Crippen molar-refractivity contribution in [1.29, 1.82) is 0 Å². The van der Waals surface area contributed by atoms with Gasteiger partial charge in [-0.25, -0.2) is 0 Å². The average molecular weight is 366 g/mol. The molecule has 1 unspecified atom stereocenters. The SMILES string of the molecule is CCCc1c(O)ccc2c1ONC2(Cc1ccccc1)CC1CCCCC1. The summed E-state index contributed by atoms with van der Waals surface area (Å²) in [6.45, 7) is 2.14. The molecule has 2 aromatic carbocycles. The van der Waals surface area contributed by atoms with Gasteiger partial charge in [0.2, 0.25) is 0 Å². The van der Waals surface area contributed by atoms with E-state index in [1.807, 2.05) is 6.07 Å². The Labute approximate surface area is 162 Å². The topological polar surface area (TPSA) is 41.5 Å². The van der Waals surface area contributed by atoms with Gasteiger partial charge in [-0.1, -0.05) is 75.8 Å². The van der Waals surface area contributed by atoms with Gasteiger partial charge in [-0.3, -0.25) is 0 Å². The third-order valence-corrected chi connectivity index (χ3v) is 6.31. The van der Waals surface area contributed by atoms with Crippen LogP contribution in [0.25, 0.3) is 0 Å². The number of hydrogen-bond donors (Lipinski definition) is 2. The van der Waals surface area contributed by atoms with E-state index in [0.717, 1.165) is 42.9 Å². The zero-order valence-electron chi connectivity index (χ0n) is 16.3. The quantitative estimate of drug-likeness (QED) is 0.695. The Kier molecular flexibility index (Phi) is 5.40. The Balaban J connectivity index is 1.72. The largest absolute Gasteiger partial charge is 0.508 e. The van der Waals surface area contributed by atoms with Crippen LogP contribution in [0.2, 0.25) is 0 Å². The highest BCUT2D eigenvalue weighted by Gasteiger charge is 2.44. The number of phenols is 1. The minimum Gasteiger partial charge on any atom is -0.508 e. The van der Waals surface area contributed by atoms with Crippen molar-refractivity contribution in [3.05, 3.63) is 59.2 Å². The first kappa shape index (κ1) is 18.4. The molecule has 0 spiro atoms. The lowest BCUT2D eigenvalue weighted by molar-refractivity contribution is 0.0978. The molecule has 1 atom stereocenters. The molecule has 144 valence electrons. The van der Waals surface area contributed by atoms with E-state index in [0.29, 0.717) is 5.75 Å². The summed E-state index contributed by atoms with van der Waals surface area (Å²) >= 11 is 0. The summed E-state index contributed by atoms with van der Waals surface area (Å²) in [6, 6.07) is 14.6. The van der Waals surface area contributed by atoms with Crippen molar-refractivity contribution in [2.75, 3.05) is 0 Å². The number of hydroxylamine groups is 1. The van der Waals surface area contributed by atoms with E-state index >= 15 is 0 Å². The molecular weight excluding hydrogens is 334 g/mol. The normalized spacial score (nSPS) is 22.4. The summed E-state index contributed by atoms with van der Waals surface area (Å²) in [5, 5.41) is 10.4. The van der Waals surface area contributed by atoms with Gasteiger partial charge in [-0.2, -0.15) is 0 Å². The molecule has 0 amide bonds. The molecule has 1 aliphatic carbocycles. The zero-order chi connectivity index (χ0) is 18.7. The Morgan fingerprint density at radius 2 is 1.85 bits per heavy atom. The molecule has 0 saturated heterocycles. The highest BCUT2D eigenvalue weighted by atomic mass is 16.7. The van der Waals surface area contributed by atoms with Gasteiger partial charge in [0.25, 0.3) is 0 Å². The van der Waals surface area contributed by atoms with E-state index in [2.05, 4.69) is 48.8 Å². The molecule has 0 aromatic heterocycles. The summed E-state index contributed by atoms with van der Waals surface area (Å²) in [7, 11) is 0. The summed E-state index contributed by atoms with van der Waals surface area (Å²) in [4.78, 5) is 6.08. The van der Waals surface area contributed by atoms with Crippen LogP contribution in [0.3, 0.4) is 0 Å². The van der Waals surface area contributed by atoms with Crippen molar-refractivity contribution in [1.82, 2.24) is 5.48 Å². The van der Waals surface area contributed by atoms with Crippen molar-refractivity contribution in [2.24, 2.45) is 5.92 Å². The molecular formula is C24H31NO2. The molecule has 0 bridgehead atoms. The van der Waals surface area contributed by atoms with Crippen LogP contribution in [0.4, 0.5) is 0 Å². The fraction of sp³-hybridized carbons (Fsp3) is 0.500. The van der Waals surface area contributed by atoms with Crippen LogP contribution in [-0.2, 0) is 18.4 Å². The number of fused-ring (bicyclic) bond motifs is 1. The highest BCUT2D eigenvalue weighted by molar-refractivity contribution is 5.54. The van der Waals surface area contributed by atoms with Crippen molar-refractivity contribution in [3.63, 3.8) is 0 Å². The van der Waals surface area contributed by atoms with E-state index in [4.69, 9.17) is 4.84 Å². The smallest absolute Gasteiger partial charge is 0.159 e. The molecule has 1 fully saturated rings. The Morgan fingerprint density at radius 3 is 2.59 bits per heavy atom. The van der Waals surface area contributed by atoms with E-state index in [9.17, 15) is 5.11 Å². The maximum Gasteiger partial charge on any atom is 0.159 e. The van der Waals surface area contributed by atoms with Crippen LogP contribution in [0.1, 0.15) is 68.6 Å². The maximum atomic E-state index is 10.4. The molecule has 3 nitrogen and oxygen atoms in total. The lowest BCUT2D eigenvalue weighted by Crippen LogP contribution is -2.43. The van der Waals surface area contributed by atoms with Gasteiger partial charge < -0.3 is 9.94 Å². The number of nitrogens with one attached hydrogen (secondary N) is 1. The molecule has 2 N–H and O–H groups in total. The summed E-state index contributed by atoms with van der Waals surface area (Å²) in [5.41, 5.74) is 6.72. The van der Waals surface area contributed by atoms with E-state index in [-0.39, 0.29) is 5.54 Å². The molecule has 1 aliphatic heterocycles. The molecule has 27 heavy (non-hydrogen) atoms. The number of benzene rings is 2. The Bertz CT molecular complexity index is 767. The lowest BCUT2D eigenvalue weighted by atomic mass is 9.73. The molecule has 2 aromatic rings. The Morgan fingerprint density at radius 1 is 1.07 bits per heavy atom. The van der Waals surface area contributed by atoms with Crippen LogP contribution in [-0.4, -0.2) is 5.11 Å². The molecule has 1 heterocycles. The molecule has 3 heteroatoms. The zero-order valence-corrected chi connectivity index (χ0v) is 16.3. The fourth-order valence-electron chi connectivity index (χ4n) is 4.99. The summed E-state index contributed by atoms with van der Waals surface area (Å²) in [5.74, 6) is 1.95. The summed E-state index contributed by atoms with van der Waals surface area (Å²) < 4.78 is 0. The van der Waals surface area contributed by atoms with Gasteiger partial charge in [-0.15, -0.1) is 5.48 Å². The molecule has 2 aliphatic rings. The predicted octanol–water partition coefficient (Wildman–Crippen LogP) is 5.65. The van der Waals surface area contributed by atoms with Crippen LogP contribution in [0.5, 0.6) is 11.5 Å². The monoisotopic (exact) mass is 365 g/mol. The third kappa shape index (κ3) is 3.70. The second kappa shape index (κ2) is 7.93. The first-order chi connectivity index (χ1) is 13.2. The average Bonchev–Trinajstić information content (AvgIpc) is 3.04. The minimum atomic E-state index is -0.213. The lowest BCUT2D eigenvalue weighted by Gasteiger charge is -2.34. The minimum absolute atomic E-state index is 0.213. The molecule has 4 rings (SSSR count). The van der Waals surface area contributed by atoms with E-state index in [1.165, 1.54) is 43.2 Å². The van der Waals surface area contributed by atoms with Gasteiger partial charge in [0, 0.05) is 11.1 Å². The van der Waals surface area contributed by atoms with Crippen molar-refractivity contribution in [2.45, 2.75) is 70.3 Å². The molecule has 0 radical (unpaired) electrons. The first-order valence-electron chi connectivity index (χ1n) is 10.5. The van der Waals surface area contributed by atoms with Gasteiger partial charge in [0.15, 0.2) is 5.75 Å². The maximum absolute atomic E-state index is 10.4. The number of aromatic hydroxyl groups is 1. The summed E-state index contributed by atoms with van der Waals surface area (Å²) in [6.07, 6.45) is 10.5. The third-order valence-electron chi connectivity index (χ3n) is 6.31. The van der Waals surface area contributed by atoms with Crippen LogP contribution in [0, 0.1) is 5.92 Å².